The smallest absolute Gasteiger partial charge is 0.273 e. The van der Waals surface area contributed by atoms with Crippen LogP contribution >= 0.6 is 15.9 Å². The van der Waals surface area contributed by atoms with E-state index in [0.717, 1.165) is 16.5 Å². The Kier molecular flexibility index (Phi) is 7.54. The summed E-state index contributed by atoms with van der Waals surface area (Å²) >= 11 is 3.37. The Morgan fingerprint density at radius 2 is 2.04 bits per heavy atom. The van der Waals surface area contributed by atoms with Gasteiger partial charge in [-0.25, -0.2) is 0 Å². The lowest BCUT2D eigenvalue weighted by Gasteiger charge is -2.09. The van der Waals surface area contributed by atoms with Crippen molar-refractivity contribution in [3.05, 3.63) is 74.4 Å². The topological polar surface area (TPSA) is 117 Å². The van der Waals surface area contributed by atoms with Crippen molar-refractivity contribution in [2.75, 3.05) is 19.0 Å². The van der Waals surface area contributed by atoms with Gasteiger partial charge in [0, 0.05) is 23.3 Å². The van der Waals surface area contributed by atoms with E-state index in [-0.39, 0.29) is 22.7 Å². The first-order valence-corrected chi connectivity index (χ1v) is 8.95. The van der Waals surface area contributed by atoms with E-state index in [1.54, 1.807) is 0 Å². The van der Waals surface area contributed by atoms with Crippen molar-refractivity contribution < 1.29 is 14.5 Å². The van der Waals surface area contributed by atoms with Gasteiger partial charge in [-0.3, -0.25) is 14.9 Å². The molecule has 2 aromatic carbocycles. The van der Waals surface area contributed by atoms with Crippen LogP contribution in [0.25, 0.3) is 0 Å². The van der Waals surface area contributed by atoms with Gasteiger partial charge in [0.2, 0.25) is 0 Å². The lowest BCUT2D eigenvalue weighted by Crippen LogP contribution is -2.18. The van der Waals surface area contributed by atoms with Gasteiger partial charge in [0.05, 0.1) is 23.8 Å². The zero-order valence-electron chi connectivity index (χ0n) is 14.9. The molecule has 0 radical (unpaired) electrons. The molecule has 0 aliphatic heterocycles. The van der Waals surface area contributed by atoms with Gasteiger partial charge in [0.1, 0.15) is 17.4 Å². The molecule has 0 fully saturated rings. The number of rotatable bonds is 8. The number of carbonyl (C=O) groups is 1. The van der Waals surface area contributed by atoms with Crippen LogP contribution in [0.1, 0.15) is 5.56 Å². The molecule has 0 bridgehead atoms. The minimum Gasteiger partial charge on any atom is -0.494 e. The predicted octanol–water partition coefficient (Wildman–Crippen LogP) is 3.54. The summed E-state index contributed by atoms with van der Waals surface area (Å²) in [6.07, 6.45) is 2.06. The lowest BCUT2D eigenvalue weighted by atomic mass is 10.1. The van der Waals surface area contributed by atoms with E-state index in [1.807, 2.05) is 30.3 Å². The number of ether oxygens (including phenoxy) is 1. The zero-order chi connectivity index (χ0) is 20.5. The number of nitrogens with one attached hydrogen (secondary N) is 2. The maximum Gasteiger partial charge on any atom is 0.273 e. The number of non-ortho nitro benzene ring substituents is 1. The average molecular weight is 445 g/mol. The number of nitro groups is 1. The molecule has 0 aliphatic carbocycles. The maximum atomic E-state index is 12.3. The molecule has 2 aromatic rings. The Morgan fingerprint density at radius 1 is 1.32 bits per heavy atom. The quantitative estimate of drug-likeness (QED) is 0.211. The van der Waals surface area contributed by atoms with Crippen molar-refractivity contribution in [3.63, 3.8) is 0 Å². The highest BCUT2D eigenvalue weighted by molar-refractivity contribution is 9.10. The van der Waals surface area contributed by atoms with E-state index < -0.39 is 10.8 Å². The van der Waals surface area contributed by atoms with Gasteiger partial charge >= 0.3 is 0 Å². The summed E-state index contributed by atoms with van der Waals surface area (Å²) in [5.41, 5.74) is 1.05. The van der Waals surface area contributed by atoms with Crippen molar-refractivity contribution in [3.8, 4) is 11.8 Å². The molecule has 2 rings (SSSR count). The van der Waals surface area contributed by atoms with Gasteiger partial charge in [0.15, 0.2) is 0 Å². The predicted molar refractivity (Wildman–Crippen MR) is 108 cm³/mol. The van der Waals surface area contributed by atoms with Gasteiger partial charge in [-0.1, -0.05) is 28.1 Å². The van der Waals surface area contributed by atoms with Crippen LogP contribution in [0.5, 0.6) is 5.75 Å². The molecule has 0 aliphatic rings. The second kappa shape index (κ2) is 10.1. The molecular weight excluding hydrogens is 428 g/mol. The zero-order valence-corrected chi connectivity index (χ0v) is 16.5. The second-order valence-corrected chi connectivity index (χ2v) is 6.51. The minimum atomic E-state index is -0.647. The number of nitriles is 1. The molecule has 28 heavy (non-hydrogen) atoms. The third kappa shape index (κ3) is 5.82. The largest absolute Gasteiger partial charge is 0.494 e. The number of amides is 1. The minimum absolute atomic E-state index is 0.128. The molecule has 0 spiro atoms. The van der Waals surface area contributed by atoms with Crippen LogP contribution in [0.15, 0.2) is 58.7 Å². The summed E-state index contributed by atoms with van der Waals surface area (Å²) < 4.78 is 6.06. The van der Waals surface area contributed by atoms with E-state index in [2.05, 4.69) is 26.6 Å². The number of halogens is 1. The highest BCUT2D eigenvalue weighted by Gasteiger charge is 2.15. The first kappa shape index (κ1) is 20.9. The summed E-state index contributed by atoms with van der Waals surface area (Å²) in [7, 11) is 1.33. The molecule has 9 heteroatoms. The SMILES string of the molecule is COc1cc([N+](=O)[O-])ccc1NC(=O)/C(C#N)=C\NCCc1ccc(Br)cc1. The third-order valence-corrected chi connectivity index (χ3v) is 4.26. The van der Waals surface area contributed by atoms with Crippen LogP contribution in [0.3, 0.4) is 0 Å². The van der Waals surface area contributed by atoms with Crippen molar-refractivity contribution in [2.45, 2.75) is 6.42 Å². The third-order valence-electron chi connectivity index (χ3n) is 3.73. The average Bonchev–Trinajstić information content (AvgIpc) is 2.69. The Morgan fingerprint density at radius 3 is 2.64 bits per heavy atom. The Labute approximate surface area is 170 Å². The van der Waals surface area contributed by atoms with Gasteiger partial charge in [0.25, 0.3) is 11.6 Å². The van der Waals surface area contributed by atoms with Crippen molar-refractivity contribution >= 4 is 33.2 Å². The molecule has 0 heterocycles. The Bertz CT molecular complexity index is 936. The molecule has 2 N–H and O–H groups in total. The molecule has 0 unspecified atom stereocenters. The molecule has 0 atom stereocenters. The molecule has 0 aromatic heterocycles. The van der Waals surface area contributed by atoms with Crippen LogP contribution in [0.4, 0.5) is 11.4 Å². The number of anilines is 1. The van der Waals surface area contributed by atoms with Crippen LogP contribution in [-0.2, 0) is 11.2 Å². The Hall–Kier alpha value is -3.38. The number of methoxy groups -OCH3 is 1. The fourth-order valence-corrected chi connectivity index (χ4v) is 2.54. The standard InChI is InChI=1S/C19H17BrN4O4/c1-28-18-10-16(24(26)27)6-7-17(18)23-19(25)14(11-21)12-22-9-8-13-2-4-15(20)5-3-13/h2-7,10,12,22H,8-9H2,1H3,(H,23,25)/b14-12-. The van der Waals surface area contributed by atoms with E-state index >= 15 is 0 Å². The summed E-state index contributed by atoms with van der Waals surface area (Å²) in [4.78, 5) is 22.6. The number of benzene rings is 2. The molecule has 1 amide bonds. The lowest BCUT2D eigenvalue weighted by molar-refractivity contribution is -0.384. The number of hydrogen-bond donors (Lipinski definition) is 2. The molecule has 0 saturated carbocycles. The summed E-state index contributed by atoms with van der Waals surface area (Å²) in [6, 6.07) is 13.5. The highest BCUT2D eigenvalue weighted by atomic mass is 79.9. The van der Waals surface area contributed by atoms with Crippen LogP contribution < -0.4 is 15.4 Å². The molecule has 0 saturated heterocycles. The van der Waals surface area contributed by atoms with Crippen molar-refractivity contribution in [2.24, 2.45) is 0 Å². The molecule has 8 nitrogen and oxygen atoms in total. The number of nitro benzene ring substituents is 1. The Balaban J connectivity index is 1.99. The van der Waals surface area contributed by atoms with E-state index in [4.69, 9.17) is 4.74 Å². The molecule has 144 valence electrons. The monoisotopic (exact) mass is 444 g/mol. The van der Waals surface area contributed by atoms with Crippen molar-refractivity contribution in [1.29, 1.82) is 5.26 Å². The number of hydrogen-bond acceptors (Lipinski definition) is 6. The summed E-state index contributed by atoms with van der Waals surface area (Å²) in [5.74, 6) is -0.520. The van der Waals surface area contributed by atoms with E-state index in [9.17, 15) is 20.2 Å². The van der Waals surface area contributed by atoms with E-state index in [1.165, 1.54) is 31.5 Å². The summed E-state index contributed by atoms with van der Waals surface area (Å²) in [6.45, 7) is 0.543. The fourth-order valence-electron chi connectivity index (χ4n) is 2.28. The fraction of sp³-hybridized carbons (Fsp3) is 0.158. The van der Waals surface area contributed by atoms with Gasteiger partial charge in [-0.2, -0.15) is 5.26 Å². The number of carbonyl (C=O) groups excluding carboxylic acids is 1. The molecular formula is C19H17BrN4O4. The first-order valence-electron chi connectivity index (χ1n) is 8.16. The van der Waals surface area contributed by atoms with Crippen LogP contribution in [0, 0.1) is 21.4 Å². The van der Waals surface area contributed by atoms with Crippen molar-refractivity contribution in [1.82, 2.24) is 5.32 Å². The van der Waals surface area contributed by atoms with Crippen LogP contribution in [-0.4, -0.2) is 24.5 Å². The maximum absolute atomic E-state index is 12.3. The number of nitrogens with zero attached hydrogens (tertiary/aromatic N) is 2. The summed E-state index contributed by atoms with van der Waals surface area (Å²) in [5, 5.41) is 25.5. The van der Waals surface area contributed by atoms with Crippen LogP contribution in [0.2, 0.25) is 0 Å². The van der Waals surface area contributed by atoms with E-state index in [0.29, 0.717) is 6.54 Å². The normalized spacial score (nSPS) is 10.7. The first-order chi connectivity index (χ1) is 13.4. The van der Waals surface area contributed by atoms with Gasteiger partial charge in [-0.15, -0.1) is 0 Å². The second-order valence-electron chi connectivity index (χ2n) is 5.60. The highest BCUT2D eigenvalue weighted by Crippen LogP contribution is 2.29. The van der Waals surface area contributed by atoms with Gasteiger partial charge < -0.3 is 15.4 Å². The van der Waals surface area contributed by atoms with Gasteiger partial charge in [-0.05, 0) is 30.2 Å².